The molecule has 7 heteroatoms. The normalized spacial score (nSPS) is 11.1. The van der Waals surface area contributed by atoms with Crippen molar-refractivity contribution in [2.45, 2.75) is 58.5 Å². The maximum absolute atomic E-state index is 12.3. The first-order valence-electron chi connectivity index (χ1n) is 9.43. The Morgan fingerprint density at radius 2 is 1.71 bits per heavy atom. The number of rotatable bonds is 8. The van der Waals surface area contributed by atoms with Crippen LogP contribution >= 0.6 is 11.8 Å². The second-order valence-corrected chi connectivity index (χ2v) is 8.17. The van der Waals surface area contributed by atoms with Gasteiger partial charge in [-0.3, -0.25) is 9.59 Å². The van der Waals surface area contributed by atoms with Gasteiger partial charge in [-0.15, -0.1) is 11.8 Å². The Morgan fingerprint density at radius 1 is 1.11 bits per heavy atom. The molecule has 0 saturated carbocycles. The van der Waals surface area contributed by atoms with Crippen molar-refractivity contribution in [2.75, 3.05) is 12.4 Å². The molecule has 2 rings (SSSR count). The largest absolute Gasteiger partial charge is 0.455 e. The second-order valence-electron chi connectivity index (χ2n) is 7.19. The van der Waals surface area contributed by atoms with Crippen molar-refractivity contribution in [3.63, 3.8) is 0 Å². The molecular formula is C21H29N3O3S. The summed E-state index contributed by atoms with van der Waals surface area (Å²) < 4.78 is 7.07. The molecule has 28 heavy (non-hydrogen) atoms. The number of aromatic nitrogens is 2. The average molecular weight is 404 g/mol. The number of hydrogen-bond donors (Lipinski definition) is 0. The van der Waals surface area contributed by atoms with E-state index < -0.39 is 5.97 Å². The van der Waals surface area contributed by atoms with Gasteiger partial charge in [-0.2, -0.15) is 5.10 Å². The Bertz CT molecular complexity index is 808. The fourth-order valence-electron chi connectivity index (χ4n) is 3.22. The fraction of sp³-hybridized carbons (Fsp3) is 0.476. The van der Waals surface area contributed by atoms with Crippen LogP contribution in [0, 0.1) is 13.8 Å². The molecule has 0 aliphatic heterocycles. The summed E-state index contributed by atoms with van der Waals surface area (Å²) in [5.41, 5.74) is 2.81. The number of para-hydroxylation sites is 1. The zero-order valence-corrected chi connectivity index (χ0v) is 18.2. The van der Waals surface area contributed by atoms with Crippen molar-refractivity contribution < 1.29 is 14.3 Å². The molecule has 0 aliphatic carbocycles. The van der Waals surface area contributed by atoms with Gasteiger partial charge < -0.3 is 9.64 Å². The molecule has 0 unspecified atom stereocenters. The van der Waals surface area contributed by atoms with Gasteiger partial charge in [0.05, 0.1) is 27.7 Å². The molecule has 0 spiro atoms. The molecule has 0 bridgehead atoms. The zero-order chi connectivity index (χ0) is 20.8. The van der Waals surface area contributed by atoms with E-state index in [0.717, 1.165) is 22.0 Å². The summed E-state index contributed by atoms with van der Waals surface area (Å²) in [6.45, 7) is 11.5. The Labute approximate surface area is 171 Å². The third-order valence-electron chi connectivity index (χ3n) is 4.32. The van der Waals surface area contributed by atoms with Gasteiger partial charge >= 0.3 is 5.97 Å². The van der Waals surface area contributed by atoms with Crippen LogP contribution in [0.3, 0.4) is 0 Å². The highest BCUT2D eigenvalue weighted by Gasteiger charge is 2.22. The standard InChI is InChI=1S/C21H29N3O3S/c1-14(2)23(15(3)4)19(25)12-27-20(26)13-28-21-16(5)22-24(17(21)6)18-10-8-7-9-11-18/h7-11,14-15H,12-13H2,1-6H3. The molecule has 0 radical (unpaired) electrons. The number of benzene rings is 1. The number of thioether (sulfide) groups is 1. The maximum Gasteiger partial charge on any atom is 0.316 e. The molecule has 152 valence electrons. The lowest BCUT2D eigenvalue weighted by Crippen LogP contribution is -2.44. The van der Waals surface area contributed by atoms with Crippen molar-refractivity contribution in [2.24, 2.45) is 0 Å². The van der Waals surface area contributed by atoms with E-state index in [1.54, 1.807) is 4.90 Å². The molecule has 1 aromatic heterocycles. The molecule has 0 N–H and O–H groups in total. The van der Waals surface area contributed by atoms with E-state index >= 15 is 0 Å². The third-order valence-corrected chi connectivity index (χ3v) is 5.58. The molecule has 0 saturated heterocycles. The van der Waals surface area contributed by atoms with E-state index in [-0.39, 0.29) is 30.4 Å². The van der Waals surface area contributed by atoms with Crippen LogP contribution in [-0.2, 0) is 14.3 Å². The van der Waals surface area contributed by atoms with Crippen LogP contribution in [0.1, 0.15) is 39.1 Å². The van der Waals surface area contributed by atoms with Crippen molar-refractivity contribution in [3.8, 4) is 5.69 Å². The van der Waals surface area contributed by atoms with Gasteiger partial charge in [0.25, 0.3) is 5.91 Å². The van der Waals surface area contributed by atoms with Crippen LogP contribution in [-0.4, -0.2) is 51.0 Å². The van der Waals surface area contributed by atoms with Gasteiger partial charge in [-0.25, -0.2) is 4.68 Å². The summed E-state index contributed by atoms with van der Waals surface area (Å²) in [4.78, 5) is 27.1. The highest BCUT2D eigenvalue weighted by Crippen LogP contribution is 2.28. The Kier molecular flexibility index (Phi) is 7.69. The predicted octanol–water partition coefficient (Wildman–Crippen LogP) is 3.77. The molecule has 1 amide bonds. The summed E-state index contributed by atoms with van der Waals surface area (Å²) in [6, 6.07) is 9.99. The quantitative estimate of drug-likeness (QED) is 0.496. The van der Waals surface area contributed by atoms with Gasteiger partial charge in [-0.05, 0) is 53.7 Å². The molecule has 1 heterocycles. The lowest BCUT2D eigenvalue weighted by molar-refractivity contribution is -0.151. The first-order chi connectivity index (χ1) is 13.2. The lowest BCUT2D eigenvalue weighted by Gasteiger charge is -2.30. The summed E-state index contributed by atoms with van der Waals surface area (Å²) in [7, 11) is 0. The SMILES string of the molecule is Cc1nn(-c2ccccc2)c(C)c1SCC(=O)OCC(=O)N(C(C)C)C(C)C. The van der Waals surface area contributed by atoms with E-state index in [0.29, 0.717) is 0 Å². The second kappa shape index (κ2) is 9.78. The third kappa shape index (κ3) is 5.38. The van der Waals surface area contributed by atoms with Crippen molar-refractivity contribution in [1.29, 1.82) is 0 Å². The lowest BCUT2D eigenvalue weighted by atomic mass is 10.2. The van der Waals surface area contributed by atoms with Crippen LogP contribution in [0.2, 0.25) is 0 Å². The number of amides is 1. The molecule has 2 aromatic rings. The summed E-state index contributed by atoms with van der Waals surface area (Å²) in [6.07, 6.45) is 0. The molecular weight excluding hydrogens is 374 g/mol. The van der Waals surface area contributed by atoms with Crippen LogP contribution in [0.25, 0.3) is 5.69 Å². The molecule has 6 nitrogen and oxygen atoms in total. The first-order valence-corrected chi connectivity index (χ1v) is 10.4. The van der Waals surface area contributed by atoms with E-state index in [2.05, 4.69) is 5.10 Å². The van der Waals surface area contributed by atoms with Gasteiger partial charge in [0.1, 0.15) is 0 Å². The van der Waals surface area contributed by atoms with E-state index in [9.17, 15) is 9.59 Å². The molecule has 0 fully saturated rings. The summed E-state index contributed by atoms with van der Waals surface area (Å²) >= 11 is 1.39. The van der Waals surface area contributed by atoms with Crippen LogP contribution in [0.4, 0.5) is 0 Å². The van der Waals surface area contributed by atoms with Gasteiger partial charge in [0.15, 0.2) is 6.61 Å². The summed E-state index contributed by atoms with van der Waals surface area (Å²) in [5.74, 6) is -0.441. The van der Waals surface area contributed by atoms with Crippen molar-refractivity contribution >= 4 is 23.6 Å². The zero-order valence-electron chi connectivity index (χ0n) is 17.4. The Hall–Kier alpha value is -2.28. The van der Waals surface area contributed by atoms with E-state index in [1.807, 2.05) is 76.6 Å². The predicted molar refractivity (Wildman–Crippen MR) is 112 cm³/mol. The molecule has 0 aliphatic rings. The highest BCUT2D eigenvalue weighted by atomic mass is 32.2. The minimum atomic E-state index is -0.405. The van der Waals surface area contributed by atoms with Crippen LogP contribution < -0.4 is 0 Å². The number of aryl methyl sites for hydroxylation is 1. The van der Waals surface area contributed by atoms with Crippen LogP contribution in [0.15, 0.2) is 35.2 Å². The Balaban J connectivity index is 1.95. The van der Waals surface area contributed by atoms with Gasteiger partial charge in [0.2, 0.25) is 0 Å². The fourth-order valence-corrected chi connectivity index (χ4v) is 4.11. The molecule has 0 atom stereocenters. The van der Waals surface area contributed by atoms with Gasteiger partial charge in [-0.1, -0.05) is 18.2 Å². The van der Waals surface area contributed by atoms with Crippen molar-refractivity contribution in [3.05, 3.63) is 41.7 Å². The topological polar surface area (TPSA) is 64.4 Å². The number of hydrogen-bond acceptors (Lipinski definition) is 5. The van der Waals surface area contributed by atoms with E-state index in [1.165, 1.54) is 11.8 Å². The maximum atomic E-state index is 12.3. The van der Waals surface area contributed by atoms with Crippen molar-refractivity contribution in [1.82, 2.24) is 14.7 Å². The average Bonchev–Trinajstić information content (AvgIpc) is 2.92. The monoisotopic (exact) mass is 403 g/mol. The summed E-state index contributed by atoms with van der Waals surface area (Å²) in [5, 5.41) is 4.58. The first kappa shape index (κ1) is 22.0. The smallest absolute Gasteiger partial charge is 0.316 e. The number of carbonyl (C=O) groups is 2. The van der Waals surface area contributed by atoms with E-state index in [4.69, 9.17) is 4.74 Å². The highest BCUT2D eigenvalue weighted by molar-refractivity contribution is 8.00. The molecule has 1 aromatic carbocycles. The Morgan fingerprint density at radius 3 is 2.29 bits per heavy atom. The van der Waals surface area contributed by atoms with Crippen LogP contribution in [0.5, 0.6) is 0 Å². The number of ether oxygens (including phenoxy) is 1. The minimum Gasteiger partial charge on any atom is -0.455 e. The number of nitrogens with zero attached hydrogens (tertiary/aromatic N) is 3. The van der Waals surface area contributed by atoms with Gasteiger partial charge in [0, 0.05) is 12.1 Å². The minimum absolute atomic E-state index is 0.0645. The number of esters is 1. The number of carbonyl (C=O) groups excluding carboxylic acids is 2.